The second-order valence-corrected chi connectivity index (χ2v) is 9.31. The van der Waals surface area contributed by atoms with Crippen molar-refractivity contribution in [3.05, 3.63) is 95.6 Å². The van der Waals surface area contributed by atoms with Gasteiger partial charge in [-0.05, 0) is 53.9 Å². The molecule has 3 atom stereocenters. The van der Waals surface area contributed by atoms with E-state index in [0.717, 1.165) is 29.5 Å². The standard InChI is InChI=1S/C26H22F3NO6S/c27-26(28,29)36-20-12-8-17(9-13-20)21(35-24(32)18-4-2-1-3-5-18)15-34-19-10-6-16(7-11-19)14-22-23(31)30-25(33)37-22/h1-13,21-22,25,33H,14-15H2,(H,30,31)/t21-,22?,25?/m1/s1. The molecule has 11 heteroatoms. The molecule has 194 valence electrons. The van der Waals surface area contributed by atoms with Gasteiger partial charge in [0, 0.05) is 0 Å². The summed E-state index contributed by atoms with van der Waals surface area (Å²) in [5.74, 6) is -0.783. The van der Waals surface area contributed by atoms with Crippen molar-refractivity contribution < 1.29 is 42.1 Å². The van der Waals surface area contributed by atoms with Crippen LogP contribution in [0, 0.1) is 0 Å². The number of hydrogen-bond acceptors (Lipinski definition) is 7. The molecule has 0 spiro atoms. The molecule has 3 aromatic carbocycles. The number of benzene rings is 3. The second kappa shape index (κ2) is 11.6. The lowest BCUT2D eigenvalue weighted by molar-refractivity contribution is -0.274. The fourth-order valence-corrected chi connectivity index (χ4v) is 4.54. The van der Waals surface area contributed by atoms with Gasteiger partial charge >= 0.3 is 12.3 Å². The Morgan fingerprint density at radius 1 is 0.973 bits per heavy atom. The minimum Gasteiger partial charge on any atom is -0.489 e. The molecule has 0 saturated carbocycles. The van der Waals surface area contributed by atoms with Crippen LogP contribution in [0.2, 0.25) is 0 Å². The molecule has 1 saturated heterocycles. The highest BCUT2D eigenvalue weighted by Crippen LogP contribution is 2.28. The minimum absolute atomic E-state index is 0.107. The third-order valence-electron chi connectivity index (χ3n) is 5.34. The fourth-order valence-electron chi connectivity index (χ4n) is 3.57. The van der Waals surface area contributed by atoms with Gasteiger partial charge in [0.1, 0.15) is 18.1 Å². The third kappa shape index (κ3) is 7.64. The van der Waals surface area contributed by atoms with Gasteiger partial charge in [0.2, 0.25) is 5.91 Å². The van der Waals surface area contributed by atoms with Crippen LogP contribution in [0.3, 0.4) is 0 Å². The zero-order valence-electron chi connectivity index (χ0n) is 19.2. The van der Waals surface area contributed by atoms with Gasteiger partial charge in [0.15, 0.2) is 11.7 Å². The number of esters is 1. The van der Waals surface area contributed by atoms with Gasteiger partial charge in [0.25, 0.3) is 0 Å². The Labute approximate surface area is 214 Å². The second-order valence-electron chi connectivity index (χ2n) is 8.02. The van der Waals surface area contributed by atoms with E-state index in [1.54, 1.807) is 54.6 Å². The van der Waals surface area contributed by atoms with Crippen molar-refractivity contribution in [2.45, 2.75) is 29.7 Å². The SMILES string of the molecule is O=C(O[C@H](COc1ccc(CC2SC(O)NC2=O)cc1)c1ccc(OC(F)(F)F)cc1)c1ccccc1. The van der Waals surface area contributed by atoms with Crippen molar-refractivity contribution in [1.82, 2.24) is 5.32 Å². The van der Waals surface area contributed by atoms with Crippen LogP contribution in [-0.2, 0) is 16.0 Å². The summed E-state index contributed by atoms with van der Waals surface area (Å²) in [6, 6.07) is 20.2. The van der Waals surface area contributed by atoms with Crippen LogP contribution >= 0.6 is 11.8 Å². The van der Waals surface area contributed by atoms with Gasteiger partial charge in [-0.1, -0.05) is 54.2 Å². The van der Waals surface area contributed by atoms with Gasteiger partial charge in [-0.2, -0.15) is 0 Å². The molecule has 2 N–H and O–H groups in total. The van der Waals surface area contributed by atoms with Gasteiger partial charge < -0.3 is 24.6 Å². The summed E-state index contributed by atoms with van der Waals surface area (Å²) in [4.78, 5) is 24.5. The van der Waals surface area contributed by atoms with E-state index in [9.17, 15) is 27.9 Å². The Balaban J connectivity index is 1.44. The van der Waals surface area contributed by atoms with Crippen molar-refractivity contribution in [3.8, 4) is 11.5 Å². The number of aliphatic hydroxyl groups is 1. The molecule has 0 aliphatic carbocycles. The number of nitrogens with one attached hydrogen (secondary N) is 1. The number of amides is 1. The lowest BCUT2D eigenvalue weighted by Crippen LogP contribution is -2.27. The highest BCUT2D eigenvalue weighted by Gasteiger charge is 2.32. The lowest BCUT2D eigenvalue weighted by Gasteiger charge is -2.20. The Kier molecular flexibility index (Phi) is 8.24. The van der Waals surface area contributed by atoms with Gasteiger partial charge in [-0.3, -0.25) is 4.79 Å². The van der Waals surface area contributed by atoms with Gasteiger partial charge in [-0.25, -0.2) is 4.79 Å². The van der Waals surface area contributed by atoms with Crippen molar-refractivity contribution in [2.24, 2.45) is 0 Å². The number of carbonyl (C=O) groups excluding carboxylic acids is 2. The first-order valence-electron chi connectivity index (χ1n) is 11.1. The molecule has 1 fully saturated rings. The average molecular weight is 534 g/mol. The number of halogens is 3. The molecule has 0 radical (unpaired) electrons. The molecule has 4 rings (SSSR count). The van der Waals surface area contributed by atoms with E-state index in [2.05, 4.69) is 10.1 Å². The maximum absolute atomic E-state index is 12.6. The first-order valence-corrected chi connectivity index (χ1v) is 12.1. The fraction of sp³-hybridized carbons (Fsp3) is 0.231. The maximum atomic E-state index is 12.6. The third-order valence-corrected chi connectivity index (χ3v) is 6.43. The summed E-state index contributed by atoms with van der Waals surface area (Å²) < 4.78 is 52.9. The molecule has 1 aliphatic heterocycles. The molecule has 0 aromatic heterocycles. The zero-order valence-corrected chi connectivity index (χ0v) is 20.0. The molecule has 37 heavy (non-hydrogen) atoms. The Bertz CT molecular complexity index is 1210. The zero-order chi connectivity index (χ0) is 26.4. The number of hydrogen-bond donors (Lipinski definition) is 2. The quantitative estimate of drug-likeness (QED) is 0.388. The maximum Gasteiger partial charge on any atom is 0.573 e. The number of ether oxygens (including phenoxy) is 3. The smallest absolute Gasteiger partial charge is 0.489 e. The van der Waals surface area contributed by atoms with E-state index < -0.39 is 35.0 Å². The molecule has 1 aliphatic rings. The lowest BCUT2D eigenvalue weighted by atomic mass is 10.1. The van der Waals surface area contributed by atoms with Crippen LogP contribution in [0.25, 0.3) is 0 Å². The molecular weight excluding hydrogens is 511 g/mol. The molecule has 7 nitrogen and oxygen atoms in total. The van der Waals surface area contributed by atoms with Crippen molar-refractivity contribution in [1.29, 1.82) is 0 Å². The molecular formula is C26H22F3NO6S. The van der Waals surface area contributed by atoms with E-state index in [1.807, 2.05) is 0 Å². The summed E-state index contributed by atoms with van der Waals surface area (Å²) in [5.41, 5.74) is 0.678. The van der Waals surface area contributed by atoms with Crippen molar-refractivity contribution in [3.63, 3.8) is 0 Å². The van der Waals surface area contributed by atoms with Gasteiger partial charge in [-0.15, -0.1) is 13.2 Å². The molecule has 2 unspecified atom stereocenters. The predicted molar refractivity (Wildman–Crippen MR) is 129 cm³/mol. The summed E-state index contributed by atoms with van der Waals surface area (Å²) in [6.07, 6.45) is -5.32. The van der Waals surface area contributed by atoms with Crippen LogP contribution in [0.5, 0.6) is 11.5 Å². The van der Waals surface area contributed by atoms with Crippen molar-refractivity contribution in [2.75, 3.05) is 6.61 Å². The van der Waals surface area contributed by atoms with E-state index in [1.165, 1.54) is 12.1 Å². The highest BCUT2D eigenvalue weighted by molar-refractivity contribution is 8.01. The van der Waals surface area contributed by atoms with Crippen LogP contribution < -0.4 is 14.8 Å². The number of thioether (sulfide) groups is 1. The van der Waals surface area contributed by atoms with Crippen LogP contribution in [0.1, 0.15) is 27.6 Å². The topological polar surface area (TPSA) is 94.1 Å². The van der Waals surface area contributed by atoms with Crippen LogP contribution in [0.4, 0.5) is 13.2 Å². The first kappa shape index (κ1) is 26.4. The normalized spacial score (nSPS) is 18.1. The molecule has 0 bridgehead atoms. The van der Waals surface area contributed by atoms with E-state index >= 15 is 0 Å². The summed E-state index contributed by atoms with van der Waals surface area (Å²) >= 11 is 1.14. The number of alkyl halides is 3. The summed E-state index contributed by atoms with van der Waals surface area (Å²) in [7, 11) is 0. The van der Waals surface area contributed by atoms with Crippen molar-refractivity contribution >= 4 is 23.6 Å². The molecule has 1 heterocycles. The summed E-state index contributed by atoms with van der Waals surface area (Å²) in [6.45, 7) is -0.107. The van der Waals surface area contributed by atoms with E-state index in [0.29, 0.717) is 23.3 Å². The van der Waals surface area contributed by atoms with Crippen LogP contribution in [-0.4, -0.2) is 40.8 Å². The van der Waals surface area contributed by atoms with Crippen LogP contribution in [0.15, 0.2) is 78.9 Å². The predicted octanol–water partition coefficient (Wildman–Crippen LogP) is 4.61. The number of aliphatic hydroxyl groups excluding tert-OH is 1. The molecule has 1 amide bonds. The number of carbonyl (C=O) groups is 2. The van der Waals surface area contributed by atoms with E-state index in [4.69, 9.17) is 9.47 Å². The Morgan fingerprint density at radius 3 is 2.22 bits per heavy atom. The van der Waals surface area contributed by atoms with Gasteiger partial charge in [0.05, 0.1) is 10.8 Å². The highest BCUT2D eigenvalue weighted by atomic mass is 32.2. The Morgan fingerprint density at radius 2 is 1.62 bits per heavy atom. The molecule has 3 aromatic rings. The first-order chi connectivity index (χ1) is 17.7. The number of rotatable bonds is 9. The monoisotopic (exact) mass is 533 g/mol. The largest absolute Gasteiger partial charge is 0.573 e. The van der Waals surface area contributed by atoms with E-state index in [-0.39, 0.29) is 12.5 Å². The minimum atomic E-state index is -4.82. The summed E-state index contributed by atoms with van der Waals surface area (Å²) in [5, 5.41) is 11.6. The Hall–Kier alpha value is -3.70. The average Bonchev–Trinajstić information content (AvgIpc) is 3.18.